The first-order chi connectivity index (χ1) is 8.84. The Morgan fingerprint density at radius 1 is 1.47 bits per heavy atom. The highest BCUT2D eigenvalue weighted by Crippen LogP contribution is 2.26. The maximum absolute atomic E-state index is 11.5. The van der Waals surface area contributed by atoms with Gasteiger partial charge in [-0.05, 0) is 18.2 Å². The zero-order chi connectivity index (χ0) is 14.5. The lowest BCUT2D eigenvalue weighted by Crippen LogP contribution is -2.20. The Bertz CT molecular complexity index is 556. The zero-order valence-corrected chi connectivity index (χ0v) is 11.2. The van der Waals surface area contributed by atoms with E-state index in [0.29, 0.717) is 6.54 Å². The lowest BCUT2D eigenvalue weighted by molar-refractivity contribution is -0.120. The Labute approximate surface area is 111 Å². The van der Waals surface area contributed by atoms with E-state index >= 15 is 0 Å². The standard InChI is InChI=1S/C11H16N2O5S/c1-19(16,17)8-2-3-10(14)9(6-8)13-11(15)7-18-5-4-12/h2-3,6,14H,4-5,7,12H2,1H3,(H,13,15). The molecule has 0 heterocycles. The van der Waals surface area contributed by atoms with Crippen LogP contribution in [0.4, 0.5) is 5.69 Å². The van der Waals surface area contributed by atoms with Crippen LogP contribution >= 0.6 is 0 Å². The maximum atomic E-state index is 11.5. The molecule has 0 saturated heterocycles. The number of carbonyl (C=O) groups excluding carboxylic acids is 1. The van der Waals surface area contributed by atoms with Crippen molar-refractivity contribution in [2.24, 2.45) is 5.73 Å². The van der Waals surface area contributed by atoms with Crippen molar-refractivity contribution in [3.8, 4) is 5.75 Å². The highest BCUT2D eigenvalue weighted by Gasteiger charge is 2.12. The minimum Gasteiger partial charge on any atom is -0.506 e. The van der Waals surface area contributed by atoms with E-state index in [1.807, 2.05) is 0 Å². The summed E-state index contributed by atoms with van der Waals surface area (Å²) < 4.78 is 27.6. The maximum Gasteiger partial charge on any atom is 0.250 e. The molecule has 0 aliphatic carbocycles. The van der Waals surface area contributed by atoms with Crippen molar-refractivity contribution >= 4 is 21.4 Å². The van der Waals surface area contributed by atoms with Gasteiger partial charge in [-0.1, -0.05) is 0 Å². The topological polar surface area (TPSA) is 119 Å². The second-order valence-electron chi connectivity index (χ2n) is 3.84. The molecule has 1 aromatic rings. The SMILES string of the molecule is CS(=O)(=O)c1ccc(O)c(NC(=O)COCCN)c1. The van der Waals surface area contributed by atoms with Gasteiger partial charge in [0.05, 0.1) is 17.2 Å². The molecule has 0 saturated carbocycles. The van der Waals surface area contributed by atoms with Crippen LogP contribution in [0.15, 0.2) is 23.1 Å². The summed E-state index contributed by atoms with van der Waals surface area (Å²) in [5.41, 5.74) is 5.21. The molecule has 0 fully saturated rings. The number of hydrogen-bond donors (Lipinski definition) is 3. The number of nitrogens with one attached hydrogen (secondary N) is 1. The third-order valence-electron chi connectivity index (χ3n) is 2.17. The van der Waals surface area contributed by atoms with Crippen molar-refractivity contribution in [1.29, 1.82) is 0 Å². The van der Waals surface area contributed by atoms with E-state index in [4.69, 9.17) is 10.5 Å². The van der Waals surface area contributed by atoms with E-state index in [1.165, 1.54) is 18.2 Å². The first-order valence-electron chi connectivity index (χ1n) is 5.45. The van der Waals surface area contributed by atoms with E-state index in [2.05, 4.69) is 5.32 Å². The molecule has 1 rings (SSSR count). The molecule has 8 heteroatoms. The van der Waals surface area contributed by atoms with Crippen molar-refractivity contribution < 1.29 is 23.1 Å². The summed E-state index contributed by atoms with van der Waals surface area (Å²) in [4.78, 5) is 11.5. The normalized spacial score (nSPS) is 11.3. The molecule has 1 aromatic carbocycles. The number of carbonyl (C=O) groups is 1. The van der Waals surface area contributed by atoms with Gasteiger partial charge in [-0.2, -0.15) is 0 Å². The molecule has 0 aliphatic rings. The third-order valence-corrected chi connectivity index (χ3v) is 3.28. The fourth-order valence-corrected chi connectivity index (χ4v) is 1.93. The van der Waals surface area contributed by atoms with Crippen LogP contribution in [0.3, 0.4) is 0 Å². The fraction of sp³-hybridized carbons (Fsp3) is 0.364. The Morgan fingerprint density at radius 3 is 2.74 bits per heavy atom. The Kier molecular flexibility index (Phi) is 5.28. The molecule has 106 valence electrons. The van der Waals surface area contributed by atoms with Gasteiger partial charge in [0.1, 0.15) is 12.4 Å². The number of phenolic OH excluding ortho intramolecular Hbond substituents is 1. The van der Waals surface area contributed by atoms with E-state index in [1.54, 1.807) is 0 Å². The van der Waals surface area contributed by atoms with Crippen molar-refractivity contribution in [3.63, 3.8) is 0 Å². The van der Waals surface area contributed by atoms with Crippen LogP contribution in [0, 0.1) is 0 Å². The number of nitrogens with two attached hydrogens (primary N) is 1. The first kappa shape index (κ1) is 15.4. The molecule has 19 heavy (non-hydrogen) atoms. The van der Waals surface area contributed by atoms with E-state index in [0.717, 1.165) is 6.26 Å². The Hall–Kier alpha value is -1.64. The number of benzene rings is 1. The first-order valence-corrected chi connectivity index (χ1v) is 7.34. The average molecular weight is 288 g/mol. The van der Waals surface area contributed by atoms with Gasteiger partial charge in [0, 0.05) is 12.8 Å². The van der Waals surface area contributed by atoms with Crippen LogP contribution < -0.4 is 11.1 Å². The van der Waals surface area contributed by atoms with E-state index in [-0.39, 0.29) is 29.5 Å². The molecule has 0 bridgehead atoms. The quantitative estimate of drug-likeness (QED) is 0.489. The van der Waals surface area contributed by atoms with Crippen LogP contribution in [-0.4, -0.2) is 45.4 Å². The molecule has 0 spiro atoms. The van der Waals surface area contributed by atoms with Crippen LogP contribution in [0.25, 0.3) is 0 Å². The minimum atomic E-state index is -3.41. The Balaban J connectivity index is 2.80. The van der Waals surface area contributed by atoms with Crippen LogP contribution in [0.2, 0.25) is 0 Å². The van der Waals surface area contributed by atoms with Gasteiger partial charge in [-0.15, -0.1) is 0 Å². The molecule has 0 radical (unpaired) electrons. The molecule has 0 unspecified atom stereocenters. The van der Waals surface area contributed by atoms with Gasteiger partial charge < -0.3 is 20.9 Å². The number of hydrogen-bond acceptors (Lipinski definition) is 6. The predicted molar refractivity (Wildman–Crippen MR) is 69.7 cm³/mol. The third kappa shape index (κ3) is 4.86. The van der Waals surface area contributed by atoms with Crippen molar-refractivity contribution in [1.82, 2.24) is 0 Å². The predicted octanol–water partition coefficient (Wildman–Crippen LogP) is -0.290. The lowest BCUT2D eigenvalue weighted by atomic mass is 10.3. The summed E-state index contributed by atoms with van der Waals surface area (Å²) >= 11 is 0. The minimum absolute atomic E-state index is 0.00322. The highest BCUT2D eigenvalue weighted by atomic mass is 32.2. The van der Waals surface area contributed by atoms with Gasteiger partial charge in [-0.25, -0.2) is 8.42 Å². The summed E-state index contributed by atoms with van der Waals surface area (Å²) in [6, 6.07) is 3.64. The molecule has 1 amide bonds. The van der Waals surface area contributed by atoms with Crippen molar-refractivity contribution in [2.45, 2.75) is 4.90 Å². The summed E-state index contributed by atoms with van der Waals surface area (Å²) in [5, 5.41) is 11.9. The number of ether oxygens (including phenoxy) is 1. The summed E-state index contributed by atoms with van der Waals surface area (Å²) in [7, 11) is -3.41. The monoisotopic (exact) mass is 288 g/mol. The van der Waals surface area contributed by atoms with Gasteiger partial charge in [0.25, 0.3) is 0 Å². The largest absolute Gasteiger partial charge is 0.506 e. The molecular formula is C11H16N2O5S. The summed E-state index contributed by atoms with van der Waals surface area (Å²) in [6.45, 7) is 0.310. The average Bonchev–Trinajstić information content (AvgIpc) is 2.31. The number of sulfone groups is 1. The van der Waals surface area contributed by atoms with E-state index in [9.17, 15) is 18.3 Å². The number of anilines is 1. The molecule has 4 N–H and O–H groups in total. The Morgan fingerprint density at radius 2 is 2.16 bits per heavy atom. The highest BCUT2D eigenvalue weighted by molar-refractivity contribution is 7.90. The van der Waals surface area contributed by atoms with Crippen molar-refractivity contribution in [3.05, 3.63) is 18.2 Å². The number of phenols is 1. The van der Waals surface area contributed by atoms with Crippen LogP contribution in [-0.2, 0) is 19.4 Å². The van der Waals surface area contributed by atoms with Gasteiger partial charge in [0.2, 0.25) is 5.91 Å². The summed E-state index contributed by atoms with van der Waals surface area (Å²) in [6.07, 6.45) is 1.04. The second-order valence-corrected chi connectivity index (χ2v) is 5.86. The van der Waals surface area contributed by atoms with Gasteiger partial charge in [0.15, 0.2) is 9.84 Å². The van der Waals surface area contributed by atoms with Crippen LogP contribution in [0.5, 0.6) is 5.75 Å². The van der Waals surface area contributed by atoms with Gasteiger partial charge >= 0.3 is 0 Å². The van der Waals surface area contributed by atoms with Crippen molar-refractivity contribution in [2.75, 3.05) is 31.3 Å². The summed E-state index contributed by atoms with van der Waals surface area (Å²) in [5.74, 6) is -0.728. The number of aromatic hydroxyl groups is 1. The number of rotatable bonds is 6. The van der Waals surface area contributed by atoms with Gasteiger partial charge in [-0.3, -0.25) is 4.79 Å². The number of amides is 1. The van der Waals surface area contributed by atoms with Crippen LogP contribution in [0.1, 0.15) is 0 Å². The second kappa shape index (κ2) is 6.50. The zero-order valence-electron chi connectivity index (χ0n) is 10.4. The molecule has 0 aliphatic heterocycles. The van der Waals surface area contributed by atoms with E-state index < -0.39 is 15.7 Å². The smallest absolute Gasteiger partial charge is 0.250 e. The molecule has 0 aromatic heterocycles. The fourth-order valence-electron chi connectivity index (χ4n) is 1.28. The molecule has 7 nitrogen and oxygen atoms in total. The molecular weight excluding hydrogens is 272 g/mol. The molecule has 0 atom stereocenters. The lowest BCUT2D eigenvalue weighted by Gasteiger charge is -2.09.